The van der Waals surface area contributed by atoms with E-state index in [0.717, 1.165) is 0 Å². The van der Waals surface area contributed by atoms with Crippen molar-refractivity contribution in [1.82, 2.24) is 15.1 Å². The van der Waals surface area contributed by atoms with Crippen LogP contribution in [0.5, 0.6) is 0 Å². The van der Waals surface area contributed by atoms with Gasteiger partial charge in [-0.05, 0) is 12.1 Å². The van der Waals surface area contributed by atoms with E-state index in [1.165, 1.54) is 29.1 Å². The van der Waals surface area contributed by atoms with Gasteiger partial charge in [-0.25, -0.2) is 4.39 Å². The predicted molar refractivity (Wildman–Crippen MR) is 87.5 cm³/mol. The van der Waals surface area contributed by atoms with Gasteiger partial charge in [0.2, 0.25) is 5.78 Å². The molecule has 1 aromatic carbocycles. The molecule has 1 aromatic heterocycles. The maximum Gasteiger partial charge on any atom is 0.287 e. The normalized spacial score (nSPS) is 11.4. The summed E-state index contributed by atoms with van der Waals surface area (Å²) in [5, 5.41) is 6.45. The Labute approximate surface area is 143 Å². The van der Waals surface area contributed by atoms with E-state index in [2.05, 4.69) is 16.3 Å². The first kappa shape index (κ1) is 17.9. The number of hydrogen-bond acceptors (Lipinski definition) is 4. The molecule has 3 N–H and O–H groups in total. The Morgan fingerprint density at radius 2 is 2.08 bits per heavy atom. The Hall–Kier alpha value is -3.47. The zero-order chi connectivity index (χ0) is 18.6. The van der Waals surface area contributed by atoms with Crippen LogP contribution in [0.4, 0.5) is 4.39 Å². The molecule has 0 aliphatic carbocycles. The van der Waals surface area contributed by atoms with Crippen LogP contribution >= 0.6 is 0 Å². The van der Waals surface area contributed by atoms with Crippen molar-refractivity contribution >= 4 is 17.6 Å². The second kappa shape index (κ2) is 7.40. The fourth-order valence-electron chi connectivity index (χ4n) is 2.24. The zero-order valence-electron chi connectivity index (χ0n) is 13.3. The summed E-state index contributed by atoms with van der Waals surface area (Å²) in [4.78, 5) is 35.3. The monoisotopic (exact) mass is 342 g/mol. The minimum Gasteiger partial charge on any atom is -0.363 e. The number of aryl methyl sites for hydroxylation is 1. The standard InChI is InChI=1S/C17H15FN4O3/c1-3-6-13(15(23)16(19)24)20-17(25)11-9-22(2)21-14(11)10-7-4-5-8-12(10)18/h1,4-5,7-9,13H,6H2,2H3,(H2,19,24)(H,20,25). The molecular weight excluding hydrogens is 327 g/mol. The second-order valence-electron chi connectivity index (χ2n) is 5.21. The molecule has 1 atom stereocenters. The third-order valence-electron chi connectivity index (χ3n) is 3.39. The van der Waals surface area contributed by atoms with Gasteiger partial charge in [0.1, 0.15) is 17.6 Å². The van der Waals surface area contributed by atoms with Crippen molar-refractivity contribution in [3.05, 3.63) is 41.8 Å². The SMILES string of the molecule is C#CCC(NC(=O)c1cn(C)nc1-c1ccccc1F)C(=O)C(N)=O. The van der Waals surface area contributed by atoms with Crippen molar-refractivity contribution in [3.63, 3.8) is 0 Å². The number of benzene rings is 1. The Kier molecular flexibility index (Phi) is 5.29. The van der Waals surface area contributed by atoms with Crippen LogP contribution in [0.25, 0.3) is 11.3 Å². The van der Waals surface area contributed by atoms with Crippen LogP contribution in [0.2, 0.25) is 0 Å². The Bertz CT molecular complexity index is 882. The molecular formula is C17H15FN4O3. The first-order valence-electron chi connectivity index (χ1n) is 7.21. The number of nitrogens with zero attached hydrogens (tertiary/aromatic N) is 2. The minimum absolute atomic E-state index is 0.0342. The molecule has 0 bridgehead atoms. The van der Waals surface area contributed by atoms with Gasteiger partial charge in [0.25, 0.3) is 11.8 Å². The molecule has 8 heteroatoms. The summed E-state index contributed by atoms with van der Waals surface area (Å²) in [6.07, 6.45) is 6.32. The number of nitrogens with two attached hydrogens (primary N) is 1. The number of carbonyl (C=O) groups excluding carboxylic acids is 3. The number of ketones is 1. The number of carbonyl (C=O) groups is 3. The van der Waals surface area contributed by atoms with Gasteiger partial charge in [0.05, 0.1) is 5.56 Å². The predicted octanol–water partition coefficient (Wildman–Crippen LogP) is 0.402. The van der Waals surface area contributed by atoms with E-state index in [4.69, 9.17) is 12.2 Å². The number of halogens is 1. The van der Waals surface area contributed by atoms with Gasteiger partial charge >= 0.3 is 0 Å². The maximum absolute atomic E-state index is 14.0. The van der Waals surface area contributed by atoms with Gasteiger partial charge in [-0.15, -0.1) is 12.3 Å². The van der Waals surface area contributed by atoms with Crippen molar-refractivity contribution in [2.45, 2.75) is 12.5 Å². The molecule has 0 saturated carbocycles. The van der Waals surface area contributed by atoms with Crippen LogP contribution in [0.15, 0.2) is 30.5 Å². The molecule has 2 aromatic rings. The van der Waals surface area contributed by atoms with Crippen molar-refractivity contribution in [3.8, 4) is 23.6 Å². The molecule has 0 fully saturated rings. The number of nitrogens with one attached hydrogen (secondary N) is 1. The van der Waals surface area contributed by atoms with Gasteiger partial charge in [0, 0.05) is 25.2 Å². The van der Waals surface area contributed by atoms with Crippen molar-refractivity contribution in [2.24, 2.45) is 12.8 Å². The highest BCUT2D eigenvalue weighted by Gasteiger charge is 2.27. The van der Waals surface area contributed by atoms with Gasteiger partial charge in [0.15, 0.2) is 0 Å². The summed E-state index contributed by atoms with van der Waals surface area (Å²) >= 11 is 0. The molecule has 0 aliphatic rings. The summed E-state index contributed by atoms with van der Waals surface area (Å²) in [6.45, 7) is 0. The number of terminal acetylenes is 1. The van der Waals surface area contributed by atoms with Crippen LogP contribution in [0, 0.1) is 18.2 Å². The quantitative estimate of drug-likeness (QED) is 0.585. The summed E-state index contributed by atoms with van der Waals surface area (Å²) in [5.74, 6) is -1.30. The lowest BCUT2D eigenvalue weighted by molar-refractivity contribution is -0.137. The van der Waals surface area contributed by atoms with Gasteiger partial charge < -0.3 is 11.1 Å². The highest BCUT2D eigenvalue weighted by molar-refractivity contribution is 6.38. The third-order valence-corrected chi connectivity index (χ3v) is 3.39. The Morgan fingerprint density at radius 3 is 2.68 bits per heavy atom. The van der Waals surface area contributed by atoms with Crippen LogP contribution < -0.4 is 11.1 Å². The lowest BCUT2D eigenvalue weighted by Gasteiger charge is -2.13. The van der Waals surface area contributed by atoms with Gasteiger partial charge in [-0.3, -0.25) is 19.1 Å². The average molecular weight is 342 g/mol. The van der Waals surface area contributed by atoms with Crippen molar-refractivity contribution < 1.29 is 18.8 Å². The molecule has 2 amide bonds. The third kappa shape index (κ3) is 3.90. The highest BCUT2D eigenvalue weighted by Crippen LogP contribution is 2.24. The van der Waals surface area contributed by atoms with E-state index in [1.807, 2.05) is 0 Å². The van der Waals surface area contributed by atoms with E-state index in [0.29, 0.717) is 0 Å². The van der Waals surface area contributed by atoms with Gasteiger partial charge in [-0.1, -0.05) is 12.1 Å². The molecule has 0 aliphatic heterocycles. The topological polar surface area (TPSA) is 107 Å². The summed E-state index contributed by atoms with van der Waals surface area (Å²) in [6, 6.07) is 4.57. The number of hydrogen-bond donors (Lipinski definition) is 2. The van der Waals surface area contributed by atoms with Crippen molar-refractivity contribution in [1.29, 1.82) is 0 Å². The molecule has 7 nitrogen and oxygen atoms in total. The largest absolute Gasteiger partial charge is 0.363 e. The van der Waals surface area contributed by atoms with Crippen LogP contribution in [0.1, 0.15) is 16.8 Å². The minimum atomic E-state index is -1.26. The van der Waals surface area contributed by atoms with E-state index in [-0.39, 0.29) is 23.2 Å². The smallest absolute Gasteiger partial charge is 0.287 e. The highest BCUT2D eigenvalue weighted by atomic mass is 19.1. The molecule has 0 radical (unpaired) electrons. The first-order chi connectivity index (χ1) is 11.8. The maximum atomic E-state index is 14.0. The molecule has 0 spiro atoms. The molecule has 1 heterocycles. The fourth-order valence-corrected chi connectivity index (χ4v) is 2.24. The van der Waals surface area contributed by atoms with Crippen LogP contribution in [-0.2, 0) is 16.6 Å². The van der Waals surface area contributed by atoms with Gasteiger partial charge in [-0.2, -0.15) is 5.10 Å². The molecule has 2 rings (SSSR count). The summed E-state index contributed by atoms with van der Waals surface area (Å²) < 4.78 is 15.4. The lowest BCUT2D eigenvalue weighted by Crippen LogP contribution is -2.45. The lowest BCUT2D eigenvalue weighted by atomic mass is 10.1. The fraction of sp³-hybridized carbons (Fsp3) is 0.176. The van der Waals surface area contributed by atoms with E-state index in [9.17, 15) is 18.8 Å². The molecule has 1 unspecified atom stereocenters. The van der Waals surface area contributed by atoms with E-state index in [1.54, 1.807) is 13.1 Å². The summed E-state index contributed by atoms with van der Waals surface area (Å²) in [7, 11) is 1.56. The first-order valence-corrected chi connectivity index (χ1v) is 7.21. The zero-order valence-corrected chi connectivity index (χ0v) is 13.3. The molecule has 0 saturated heterocycles. The van der Waals surface area contributed by atoms with Crippen LogP contribution in [0.3, 0.4) is 0 Å². The Morgan fingerprint density at radius 1 is 1.40 bits per heavy atom. The average Bonchev–Trinajstić information content (AvgIpc) is 2.95. The van der Waals surface area contributed by atoms with E-state index >= 15 is 0 Å². The van der Waals surface area contributed by atoms with Crippen LogP contribution in [-0.4, -0.2) is 33.4 Å². The number of amides is 2. The Balaban J connectivity index is 2.37. The number of aromatic nitrogens is 2. The number of Topliss-reactive ketones (excluding diaryl/α,β-unsaturated/α-hetero) is 1. The molecule has 128 valence electrons. The molecule has 25 heavy (non-hydrogen) atoms. The summed E-state index contributed by atoms with van der Waals surface area (Å²) in [5.41, 5.74) is 5.21. The number of primary amides is 1. The second-order valence-corrected chi connectivity index (χ2v) is 5.21. The van der Waals surface area contributed by atoms with Crippen molar-refractivity contribution in [2.75, 3.05) is 0 Å². The number of rotatable bonds is 6. The van der Waals surface area contributed by atoms with E-state index < -0.39 is 29.5 Å².